The van der Waals surface area contributed by atoms with Gasteiger partial charge in [-0.3, -0.25) is 0 Å². The van der Waals surface area contributed by atoms with E-state index >= 15 is 0 Å². The molecule has 1 amide bonds. The van der Waals surface area contributed by atoms with Crippen LogP contribution in [0.2, 0.25) is 0 Å². The van der Waals surface area contributed by atoms with Crippen molar-refractivity contribution in [1.82, 2.24) is 4.90 Å². The number of benzene rings is 1. The summed E-state index contributed by atoms with van der Waals surface area (Å²) in [5.74, 6) is 1.98. The van der Waals surface area contributed by atoms with Gasteiger partial charge in [0.15, 0.2) is 0 Å². The number of hydrogen-bond donors (Lipinski definition) is 1. The Kier molecular flexibility index (Phi) is 7.11. The second-order valence-corrected chi connectivity index (χ2v) is 8.54. The molecule has 0 saturated heterocycles. The molecule has 0 aromatic heterocycles. The first-order valence-electron chi connectivity index (χ1n) is 11.2. The SMILES string of the molecule is C=C1Oc2cc(CCCCC)c(CN(C)C(=O)OCC)c(O)c2C2C=C(C)CCC12. The maximum Gasteiger partial charge on any atom is 0.409 e. The van der Waals surface area contributed by atoms with Gasteiger partial charge in [-0.1, -0.05) is 38.0 Å². The molecule has 164 valence electrons. The zero-order valence-corrected chi connectivity index (χ0v) is 18.8. The van der Waals surface area contributed by atoms with Gasteiger partial charge >= 0.3 is 6.09 Å². The van der Waals surface area contributed by atoms with E-state index in [0.29, 0.717) is 18.9 Å². The lowest BCUT2D eigenvalue weighted by Crippen LogP contribution is -2.29. The lowest BCUT2D eigenvalue weighted by atomic mass is 9.73. The number of aromatic hydroxyl groups is 1. The van der Waals surface area contributed by atoms with Gasteiger partial charge in [0.2, 0.25) is 0 Å². The molecule has 1 aromatic rings. The minimum atomic E-state index is -0.384. The first-order valence-corrected chi connectivity index (χ1v) is 11.2. The Balaban J connectivity index is 2.05. The molecule has 0 spiro atoms. The molecule has 30 heavy (non-hydrogen) atoms. The Bertz CT molecular complexity index is 842. The molecule has 1 N–H and O–H groups in total. The summed E-state index contributed by atoms with van der Waals surface area (Å²) >= 11 is 0. The second-order valence-electron chi connectivity index (χ2n) is 8.54. The molecule has 2 unspecified atom stereocenters. The number of nitrogens with zero attached hydrogens (tertiary/aromatic N) is 1. The first kappa shape index (κ1) is 22.3. The van der Waals surface area contributed by atoms with Crippen LogP contribution in [0, 0.1) is 5.92 Å². The van der Waals surface area contributed by atoms with E-state index in [2.05, 4.69) is 32.6 Å². The fourth-order valence-corrected chi connectivity index (χ4v) is 4.59. The quantitative estimate of drug-likeness (QED) is 0.436. The number of carbonyl (C=O) groups is 1. The summed E-state index contributed by atoms with van der Waals surface area (Å²) in [6.45, 7) is 10.9. The van der Waals surface area contributed by atoms with Crippen LogP contribution in [-0.4, -0.2) is 29.8 Å². The van der Waals surface area contributed by atoms with Gasteiger partial charge in [0.25, 0.3) is 0 Å². The average molecular weight is 414 g/mol. The monoisotopic (exact) mass is 413 g/mol. The Morgan fingerprint density at radius 3 is 2.83 bits per heavy atom. The number of phenolic OH excluding ortho intramolecular Hbond substituents is 1. The minimum absolute atomic E-state index is 0.0614. The zero-order valence-electron chi connectivity index (χ0n) is 18.8. The fourth-order valence-electron chi connectivity index (χ4n) is 4.59. The van der Waals surface area contributed by atoms with Crippen LogP contribution < -0.4 is 4.74 Å². The van der Waals surface area contributed by atoms with Crippen molar-refractivity contribution < 1.29 is 19.4 Å². The van der Waals surface area contributed by atoms with Gasteiger partial charge in [0.05, 0.1) is 13.2 Å². The van der Waals surface area contributed by atoms with Crippen LogP contribution in [0.5, 0.6) is 11.5 Å². The molecule has 1 aliphatic heterocycles. The fraction of sp³-hybridized carbons (Fsp3) is 0.560. The summed E-state index contributed by atoms with van der Waals surface area (Å²) in [6, 6.07) is 2.05. The number of hydrogen-bond acceptors (Lipinski definition) is 4. The number of aryl methyl sites for hydroxylation is 1. The van der Waals surface area contributed by atoms with Gasteiger partial charge in [-0.25, -0.2) is 4.79 Å². The third-order valence-corrected chi connectivity index (χ3v) is 6.26. The Morgan fingerprint density at radius 1 is 1.37 bits per heavy atom. The topological polar surface area (TPSA) is 59.0 Å². The van der Waals surface area contributed by atoms with E-state index in [-0.39, 0.29) is 23.7 Å². The summed E-state index contributed by atoms with van der Waals surface area (Å²) in [6.07, 6.45) is 7.95. The number of unbranched alkanes of at least 4 members (excludes halogenated alkanes) is 2. The summed E-state index contributed by atoms with van der Waals surface area (Å²) in [5.41, 5.74) is 3.98. The summed E-state index contributed by atoms with van der Waals surface area (Å²) < 4.78 is 11.3. The molecule has 5 heteroatoms. The molecule has 1 aromatic carbocycles. The van der Waals surface area contributed by atoms with E-state index in [1.165, 1.54) is 10.5 Å². The first-order chi connectivity index (χ1) is 14.4. The van der Waals surface area contributed by atoms with Crippen LogP contribution >= 0.6 is 0 Å². The molecule has 2 atom stereocenters. The van der Waals surface area contributed by atoms with Gasteiger partial charge in [-0.15, -0.1) is 0 Å². The van der Waals surface area contributed by atoms with E-state index in [1.54, 1.807) is 14.0 Å². The third kappa shape index (κ3) is 4.50. The van der Waals surface area contributed by atoms with E-state index in [9.17, 15) is 9.90 Å². The largest absolute Gasteiger partial charge is 0.507 e. The molecule has 3 rings (SSSR count). The van der Waals surface area contributed by atoms with Crippen LogP contribution in [0.25, 0.3) is 0 Å². The molecule has 0 saturated carbocycles. The number of phenols is 1. The van der Waals surface area contributed by atoms with Gasteiger partial charge in [-0.2, -0.15) is 0 Å². The lowest BCUT2D eigenvalue weighted by molar-refractivity contribution is 0.114. The van der Waals surface area contributed by atoms with Crippen molar-refractivity contribution in [2.75, 3.05) is 13.7 Å². The summed E-state index contributed by atoms with van der Waals surface area (Å²) in [7, 11) is 1.71. The number of carbonyl (C=O) groups excluding carboxylic acids is 1. The highest BCUT2D eigenvalue weighted by molar-refractivity contribution is 5.68. The molecule has 0 fully saturated rings. The van der Waals surface area contributed by atoms with Crippen molar-refractivity contribution in [3.63, 3.8) is 0 Å². The predicted octanol–water partition coefficient (Wildman–Crippen LogP) is 6.06. The molecule has 0 radical (unpaired) electrons. The maximum atomic E-state index is 12.2. The van der Waals surface area contributed by atoms with Crippen molar-refractivity contribution in [1.29, 1.82) is 0 Å². The zero-order chi connectivity index (χ0) is 21.8. The van der Waals surface area contributed by atoms with Gasteiger partial charge in [0, 0.05) is 30.0 Å². The minimum Gasteiger partial charge on any atom is -0.507 e. The number of amides is 1. The smallest absolute Gasteiger partial charge is 0.409 e. The molecule has 5 nitrogen and oxygen atoms in total. The molecule has 1 heterocycles. The lowest BCUT2D eigenvalue weighted by Gasteiger charge is -2.38. The number of allylic oxidation sites excluding steroid dienone is 3. The van der Waals surface area contributed by atoms with E-state index in [4.69, 9.17) is 9.47 Å². The molecule has 2 aliphatic rings. The normalized spacial score (nSPS) is 20.0. The number of fused-ring (bicyclic) bond motifs is 3. The number of rotatable bonds is 7. The third-order valence-electron chi connectivity index (χ3n) is 6.26. The average Bonchev–Trinajstić information content (AvgIpc) is 2.70. The summed E-state index contributed by atoms with van der Waals surface area (Å²) in [5, 5.41) is 11.4. The highest BCUT2D eigenvalue weighted by Gasteiger charge is 2.38. The number of ether oxygens (including phenoxy) is 2. The highest BCUT2D eigenvalue weighted by Crippen LogP contribution is 2.52. The standard InChI is InChI=1S/C25H35NO4/c1-6-8-9-10-18-14-22-23(20-13-16(3)11-12-19(20)17(4)30-22)24(27)21(18)15-26(5)25(28)29-7-2/h13-14,19-20,27H,4,6-12,15H2,1-3,5H3. The Morgan fingerprint density at radius 2 is 2.13 bits per heavy atom. The van der Waals surface area contributed by atoms with Crippen LogP contribution in [0.3, 0.4) is 0 Å². The van der Waals surface area contributed by atoms with Crippen LogP contribution in [0.1, 0.15) is 75.5 Å². The van der Waals surface area contributed by atoms with Crippen LogP contribution in [-0.2, 0) is 17.7 Å². The Hall–Kier alpha value is -2.43. The van der Waals surface area contributed by atoms with Gasteiger partial charge < -0.3 is 19.5 Å². The molecular weight excluding hydrogens is 378 g/mol. The maximum absolute atomic E-state index is 12.2. The van der Waals surface area contributed by atoms with Gasteiger partial charge in [-0.05, 0) is 51.2 Å². The van der Waals surface area contributed by atoms with Crippen molar-refractivity contribution >= 4 is 6.09 Å². The molecule has 1 aliphatic carbocycles. The van der Waals surface area contributed by atoms with E-state index in [0.717, 1.165) is 61.0 Å². The van der Waals surface area contributed by atoms with Gasteiger partial charge in [0.1, 0.15) is 17.3 Å². The van der Waals surface area contributed by atoms with Crippen molar-refractivity contribution in [3.05, 3.63) is 46.7 Å². The molecular formula is C25H35NO4. The van der Waals surface area contributed by atoms with E-state index < -0.39 is 0 Å². The van der Waals surface area contributed by atoms with Crippen molar-refractivity contribution in [2.45, 2.75) is 71.8 Å². The van der Waals surface area contributed by atoms with Crippen LogP contribution in [0.4, 0.5) is 4.79 Å². The second kappa shape index (κ2) is 9.59. The highest BCUT2D eigenvalue weighted by atomic mass is 16.6. The molecule has 0 bridgehead atoms. The van der Waals surface area contributed by atoms with Crippen molar-refractivity contribution in [3.8, 4) is 11.5 Å². The summed E-state index contributed by atoms with van der Waals surface area (Å²) in [4.78, 5) is 13.7. The van der Waals surface area contributed by atoms with Crippen molar-refractivity contribution in [2.24, 2.45) is 5.92 Å². The predicted molar refractivity (Wildman–Crippen MR) is 119 cm³/mol. The van der Waals surface area contributed by atoms with Crippen LogP contribution in [0.15, 0.2) is 30.1 Å². The Labute approximate surface area is 180 Å². The van der Waals surface area contributed by atoms with E-state index in [1.807, 2.05) is 0 Å².